The van der Waals surface area contributed by atoms with Crippen LogP contribution in [0, 0.1) is 0 Å². The van der Waals surface area contributed by atoms with Crippen molar-refractivity contribution in [1.82, 2.24) is 20.2 Å². The molecule has 2 amide bonds. The van der Waals surface area contributed by atoms with Crippen molar-refractivity contribution in [3.8, 4) is 0 Å². The van der Waals surface area contributed by atoms with E-state index in [0.29, 0.717) is 6.54 Å². The van der Waals surface area contributed by atoms with E-state index in [1.54, 1.807) is 6.20 Å². The molecule has 0 bridgehead atoms. The smallest absolute Gasteiger partial charge is 0.315 e. The highest BCUT2D eigenvalue weighted by Crippen LogP contribution is 2.27. The van der Waals surface area contributed by atoms with Gasteiger partial charge < -0.3 is 20.1 Å². The zero-order chi connectivity index (χ0) is 16.9. The number of carbonyl (C=O) groups is 1. The van der Waals surface area contributed by atoms with E-state index in [0.717, 1.165) is 42.5 Å². The molecule has 0 spiro atoms. The zero-order valence-corrected chi connectivity index (χ0v) is 14.5. The summed E-state index contributed by atoms with van der Waals surface area (Å²) < 4.78 is 1.89. The van der Waals surface area contributed by atoms with E-state index in [1.165, 1.54) is 0 Å². The number of carbonyl (C=O) groups excluding carboxylic acids is 1. The van der Waals surface area contributed by atoms with Gasteiger partial charge in [0.2, 0.25) is 0 Å². The predicted octanol–water partition coefficient (Wildman–Crippen LogP) is 2.54. The van der Waals surface area contributed by atoms with Crippen molar-refractivity contribution in [1.29, 1.82) is 0 Å². The summed E-state index contributed by atoms with van der Waals surface area (Å²) in [5, 5.41) is 6.66. The van der Waals surface area contributed by atoms with Crippen LogP contribution in [0.5, 0.6) is 0 Å². The normalized spacial score (nSPS) is 17.6. The Morgan fingerprint density at radius 3 is 3.00 bits per heavy atom. The maximum absolute atomic E-state index is 12.1. The summed E-state index contributed by atoms with van der Waals surface area (Å²) in [6.07, 6.45) is 5.57. The molecule has 0 unspecified atom stereocenters. The van der Waals surface area contributed by atoms with E-state index < -0.39 is 0 Å². The molecule has 24 heavy (non-hydrogen) atoms. The molecule has 0 saturated carbocycles. The van der Waals surface area contributed by atoms with Crippen molar-refractivity contribution in [2.45, 2.75) is 25.4 Å². The maximum Gasteiger partial charge on any atom is 0.315 e. The summed E-state index contributed by atoms with van der Waals surface area (Å²) >= 11 is 6.28. The van der Waals surface area contributed by atoms with Crippen molar-refractivity contribution < 1.29 is 4.79 Å². The molecule has 3 rings (SSSR count). The quantitative estimate of drug-likeness (QED) is 0.893. The molecule has 6 nitrogen and oxygen atoms in total. The SMILES string of the molecule is Cn1ccnc1CNC(=O)N[C@H]1CCCN(c2ccccc2Cl)C1. The van der Waals surface area contributed by atoms with Crippen LogP contribution < -0.4 is 15.5 Å². The first-order valence-corrected chi connectivity index (χ1v) is 8.51. The number of halogens is 1. The lowest BCUT2D eigenvalue weighted by atomic mass is 10.1. The van der Waals surface area contributed by atoms with Gasteiger partial charge in [-0.05, 0) is 25.0 Å². The predicted molar refractivity (Wildman–Crippen MR) is 95.3 cm³/mol. The molecule has 1 aromatic heterocycles. The summed E-state index contributed by atoms with van der Waals surface area (Å²) in [6, 6.07) is 7.77. The Bertz CT molecular complexity index is 702. The molecular formula is C17H22ClN5O. The Kier molecular flexibility index (Phi) is 5.25. The Balaban J connectivity index is 1.52. The van der Waals surface area contributed by atoms with E-state index in [1.807, 2.05) is 42.1 Å². The van der Waals surface area contributed by atoms with E-state index in [4.69, 9.17) is 11.6 Å². The lowest BCUT2D eigenvalue weighted by molar-refractivity contribution is 0.234. The van der Waals surface area contributed by atoms with E-state index in [-0.39, 0.29) is 12.1 Å². The molecule has 1 fully saturated rings. The molecule has 0 aliphatic carbocycles. The number of hydrogen-bond acceptors (Lipinski definition) is 3. The van der Waals surface area contributed by atoms with Crippen LogP contribution in [0.4, 0.5) is 10.5 Å². The molecular weight excluding hydrogens is 326 g/mol. The van der Waals surface area contributed by atoms with Crippen molar-refractivity contribution in [2.24, 2.45) is 7.05 Å². The molecule has 0 radical (unpaired) electrons. The fourth-order valence-electron chi connectivity index (χ4n) is 2.98. The second-order valence-corrected chi connectivity index (χ2v) is 6.43. The topological polar surface area (TPSA) is 62.2 Å². The van der Waals surface area contributed by atoms with Gasteiger partial charge in [-0.2, -0.15) is 0 Å². The van der Waals surface area contributed by atoms with Gasteiger partial charge >= 0.3 is 6.03 Å². The van der Waals surface area contributed by atoms with Gasteiger partial charge in [0.15, 0.2) is 0 Å². The number of aromatic nitrogens is 2. The fraction of sp³-hybridized carbons (Fsp3) is 0.412. The van der Waals surface area contributed by atoms with Gasteiger partial charge in [-0.15, -0.1) is 0 Å². The Labute approximate surface area is 146 Å². The van der Waals surface area contributed by atoms with Crippen LogP contribution >= 0.6 is 11.6 Å². The third-order valence-corrected chi connectivity index (χ3v) is 4.60. The van der Waals surface area contributed by atoms with Gasteiger partial charge in [0.25, 0.3) is 0 Å². The van der Waals surface area contributed by atoms with Gasteiger partial charge in [0, 0.05) is 38.6 Å². The van der Waals surface area contributed by atoms with Gasteiger partial charge in [0.1, 0.15) is 5.82 Å². The van der Waals surface area contributed by atoms with Crippen LogP contribution in [-0.4, -0.2) is 34.7 Å². The first-order chi connectivity index (χ1) is 11.6. The molecule has 1 aliphatic heterocycles. The van der Waals surface area contributed by atoms with Crippen LogP contribution in [0.1, 0.15) is 18.7 Å². The molecule has 1 saturated heterocycles. The minimum absolute atomic E-state index is 0.108. The Morgan fingerprint density at radius 1 is 1.42 bits per heavy atom. The second kappa shape index (κ2) is 7.57. The number of imidazole rings is 1. The number of aryl methyl sites for hydroxylation is 1. The third-order valence-electron chi connectivity index (χ3n) is 4.28. The number of anilines is 1. The summed E-state index contributed by atoms with van der Waals surface area (Å²) in [5.74, 6) is 0.825. The highest BCUT2D eigenvalue weighted by atomic mass is 35.5. The van der Waals surface area contributed by atoms with Crippen LogP contribution in [0.15, 0.2) is 36.7 Å². The van der Waals surface area contributed by atoms with Crippen molar-refractivity contribution in [3.63, 3.8) is 0 Å². The highest BCUT2D eigenvalue weighted by Gasteiger charge is 2.22. The first kappa shape index (κ1) is 16.6. The van der Waals surface area contributed by atoms with Crippen LogP contribution in [0.3, 0.4) is 0 Å². The van der Waals surface area contributed by atoms with Crippen molar-refractivity contribution in [3.05, 3.63) is 47.5 Å². The molecule has 1 aliphatic rings. The minimum Gasteiger partial charge on any atom is -0.368 e. The Morgan fingerprint density at radius 2 is 2.25 bits per heavy atom. The molecule has 2 heterocycles. The van der Waals surface area contributed by atoms with Crippen LogP contribution in [0.2, 0.25) is 5.02 Å². The van der Waals surface area contributed by atoms with Crippen LogP contribution in [0.25, 0.3) is 0 Å². The number of nitrogens with one attached hydrogen (secondary N) is 2. The number of benzene rings is 1. The first-order valence-electron chi connectivity index (χ1n) is 8.13. The zero-order valence-electron chi connectivity index (χ0n) is 13.7. The highest BCUT2D eigenvalue weighted by molar-refractivity contribution is 6.33. The number of hydrogen-bond donors (Lipinski definition) is 2. The summed E-state index contributed by atoms with van der Waals surface area (Å²) in [7, 11) is 1.91. The summed E-state index contributed by atoms with van der Waals surface area (Å²) in [6.45, 7) is 2.13. The number of nitrogens with zero attached hydrogens (tertiary/aromatic N) is 3. The number of rotatable bonds is 4. The summed E-state index contributed by atoms with van der Waals surface area (Å²) in [5.41, 5.74) is 1.03. The van der Waals surface area contributed by atoms with Gasteiger partial charge in [0.05, 0.1) is 17.3 Å². The lowest BCUT2D eigenvalue weighted by Crippen LogP contribution is -2.50. The third kappa shape index (κ3) is 4.00. The molecule has 7 heteroatoms. The molecule has 2 aromatic rings. The van der Waals surface area contributed by atoms with E-state index in [9.17, 15) is 4.79 Å². The summed E-state index contributed by atoms with van der Waals surface area (Å²) in [4.78, 5) is 18.5. The average Bonchev–Trinajstić information content (AvgIpc) is 2.99. The molecule has 1 atom stereocenters. The number of urea groups is 1. The molecule has 128 valence electrons. The van der Waals surface area contributed by atoms with Crippen molar-refractivity contribution in [2.75, 3.05) is 18.0 Å². The van der Waals surface area contributed by atoms with Crippen molar-refractivity contribution >= 4 is 23.3 Å². The maximum atomic E-state index is 12.1. The largest absolute Gasteiger partial charge is 0.368 e. The standard InChI is InChI=1S/C17H22ClN5O/c1-22-10-8-19-16(22)11-20-17(24)21-13-5-4-9-23(12-13)15-7-3-2-6-14(15)18/h2-3,6-8,10,13H,4-5,9,11-12H2,1H3,(H2,20,21,24)/t13-/m0/s1. The Hall–Kier alpha value is -2.21. The number of amides is 2. The number of para-hydroxylation sites is 1. The fourth-order valence-corrected chi connectivity index (χ4v) is 3.24. The van der Waals surface area contributed by atoms with E-state index in [2.05, 4.69) is 20.5 Å². The monoisotopic (exact) mass is 347 g/mol. The minimum atomic E-state index is -0.163. The van der Waals surface area contributed by atoms with Gasteiger partial charge in [-0.25, -0.2) is 9.78 Å². The number of piperidine rings is 1. The second-order valence-electron chi connectivity index (χ2n) is 6.02. The lowest BCUT2D eigenvalue weighted by Gasteiger charge is -2.35. The molecule has 2 N–H and O–H groups in total. The average molecular weight is 348 g/mol. The molecule has 1 aromatic carbocycles. The van der Waals surface area contributed by atoms with Crippen LogP contribution in [-0.2, 0) is 13.6 Å². The van der Waals surface area contributed by atoms with Gasteiger partial charge in [-0.3, -0.25) is 0 Å². The van der Waals surface area contributed by atoms with Gasteiger partial charge in [-0.1, -0.05) is 23.7 Å². The van der Waals surface area contributed by atoms with E-state index >= 15 is 0 Å².